The Morgan fingerprint density at radius 2 is 1.81 bits per heavy atom. The van der Waals surface area contributed by atoms with E-state index in [-0.39, 0.29) is 17.5 Å². The van der Waals surface area contributed by atoms with Gasteiger partial charge in [-0.25, -0.2) is 0 Å². The maximum atomic E-state index is 13.0. The normalized spacial score (nSPS) is 18.3. The third-order valence-corrected chi connectivity index (χ3v) is 5.66. The molecule has 1 aliphatic heterocycles. The Labute approximate surface area is 183 Å². The zero-order valence-corrected chi connectivity index (χ0v) is 17.6. The van der Waals surface area contributed by atoms with Gasteiger partial charge in [-0.15, -0.1) is 0 Å². The van der Waals surface area contributed by atoms with Crippen molar-refractivity contribution in [3.63, 3.8) is 0 Å². The molecular weight excluding hydrogens is 431 g/mol. The fraction of sp³-hybridized carbons (Fsp3) is 0.364. The number of hydrogen-bond donors (Lipinski definition) is 2. The van der Waals surface area contributed by atoms with Crippen LogP contribution in [-0.4, -0.2) is 35.8 Å². The molecule has 2 unspecified atom stereocenters. The smallest absolute Gasteiger partial charge is 0.326 e. The van der Waals surface area contributed by atoms with E-state index in [1.807, 2.05) is 23.1 Å². The summed E-state index contributed by atoms with van der Waals surface area (Å²) >= 11 is 5.63. The van der Waals surface area contributed by atoms with Crippen LogP contribution in [0.1, 0.15) is 25.3 Å². The number of likely N-dealkylation sites (tertiary alicyclic amines) is 1. The van der Waals surface area contributed by atoms with Crippen LogP contribution in [0.4, 0.5) is 24.5 Å². The average Bonchev–Trinajstić information content (AvgIpc) is 2.74. The Morgan fingerprint density at radius 3 is 2.48 bits per heavy atom. The molecule has 0 aromatic heterocycles. The number of halogens is 4. The van der Waals surface area contributed by atoms with E-state index in [1.165, 1.54) is 6.07 Å². The van der Waals surface area contributed by atoms with Crippen molar-refractivity contribution in [3.05, 3.63) is 59.1 Å². The van der Waals surface area contributed by atoms with E-state index in [1.54, 1.807) is 19.1 Å². The molecule has 2 N–H and O–H groups in total. The quantitative estimate of drug-likeness (QED) is 0.667. The number of para-hydroxylation sites is 1. The van der Waals surface area contributed by atoms with Gasteiger partial charge in [0, 0.05) is 17.9 Å². The van der Waals surface area contributed by atoms with Gasteiger partial charge in [-0.2, -0.15) is 13.2 Å². The van der Waals surface area contributed by atoms with Crippen LogP contribution in [0, 0.1) is 5.92 Å². The van der Waals surface area contributed by atoms with Gasteiger partial charge < -0.3 is 10.6 Å². The van der Waals surface area contributed by atoms with Crippen molar-refractivity contribution in [2.45, 2.75) is 32.0 Å². The summed E-state index contributed by atoms with van der Waals surface area (Å²) in [5.41, 5.74) is -0.280. The van der Waals surface area contributed by atoms with E-state index in [0.29, 0.717) is 25.2 Å². The molecule has 1 saturated heterocycles. The van der Waals surface area contributed by atoms with Crippen LogP contribution in [-0.2, 0) is 15.8 Å². The molecule has 1 heterocycles. The van der Waals surface area contributed by atoms with E-state index < -0.39 is 28.7 Å². The monoisotopic (exact) mass is 453 g/mol. The second-order valence-electron chi connectivity index (χ2n) is 7.55. The Bertz CT molecular complexity index is 937. The number of rotatable bonds is 5. The lowest BCUT2D eigenvalue weighted by Crippen LogP contribution is -2.49. The van der Waals surface area contributed by atoms with Gasteiger partial charge in [0.15, 0.2) is 0 Å². The lowest BCUT2D eigenvalue weighted by Gasteiger charge is -2.35. The Kier molecular flexibility index (Phi) is 7.23. The van der Waals surface area contributed by atoms with Crippen LogP contribution in [0.5, 0.6) is 0 Å². The number of hydrogen-bond acceptors (Lipinski definition) is 3. The first-order valence-electron chi connectivity index (χ1n) is 9.92. The Balaban J connectivity index is 1.62. The second kappa shape index (κ2) is 9.70. The van der Waals surface area contributed by atoms with Crippen LogP contribution < -0.4 is 10.6 Å². The van der Waals surface area contributed by atoms with Gasteiger partial charge in [-0.1, -0.05) is 29.8 Å². The van der Waals surface area contributed by atoms with Crippen molar-refractivity contribution in [1.29, 1.82) is 0 Å². The Morgan fingerprint density at radius 1 is 1.10 bits per heavy atom. The predicted octanol–water partition coefficient (Wildman–Crippen LogP) is 5.04. The zero-order valence-electron chi connectivity index (χ0n) is 16.9. The van der Waals surface area contributed by atoms with Crippen molar-refractivity contribution >= 4 is 34.8 Å². The highest BCUT2D eigenvalue weighted by Gasteiger charge is 2.34. The highest BCUT2D eigenvalue weighted by Crippen LogP contribution is 2.36. The summed E-state index contributed by atoms with van der Waals surface area (Å²) in [6.45, 7) is 2.69. The van der Waals surface area contributed by atoms with Crippen molar-refractivity contribution in [2.75, 3.05) is 23.7 Å². The number of alkyl halides is 3. The predicted molar refractivity (Wildman–Crippen MR) is 114 cm³/mol. The first-order valence-corrected chi connectivity index (χ1v) is 10.3. The van der Waals surface area contributed by atoms with E-state index in [4.69, 9.17) is 11.6 Å². The van der Waals surface area contributed by atoms with Crippen molar-refractivity contribution in [1.82, 2.24) is 4.90 Å². The van der Waals surface area contributed by atoms with E-state index >= 15 is 0 Å². The summed E-state index contributed by atoms with van der Waals surface area (Å²) in [6.07, 6.45) is -3.17. The molecular formula is C22H23ClF3N3O2. The summed E-state index contributed by atoms with van der Waals surface area (Å²) in [5.74, 6) is -0.841. The molecule has 2 aromatic carbocycles. The molecule has 1 fully saturated rings. The van der Waals surface area contributed by atoms with Gasteiger partial charge in [0.1, 0.15) is 0 Å². The molecule has 3 rings (SSSR count). The van der Waals surface area contributed by atoms with Gasteiger partial charge >= 0.3 is 6.18 Å². The van der Waals surface area contributed by atoms with Crippen molar-refractivity contribution in [3.8, 4) is 0 Å². The molecule has 0 radical (unpaired) electrons. The molecule has 31 heavy (non-hydrogen) atoms. The lowest BCUT2D eigenvalue weighted by atomic mass is 9.95. The number of amides is 2. The Hall–Kier alpha value is -2.58. The lowest BCUT2D eigenvalue weighted by molar-refractivity contribution is -0.137. The number of nitrogens with zero attached hydrogens (tertiary/aromatic N) is 1. The molecule has 0 spiro atoms. The van der Waals surface area contributed by atoms with Crippen LogP contribution in [0.2, 0.25) is 5.02 Å². The molecule has 5 nitrogen and oxygen atoms in total. The third kappa shape index (κ3) is 5.98. The largest absolute Gasteiger partial charge is 0.417 e. The summed E-state index contributed by atoms with van der Waals surface area (Å²) in [7, 11) is 0. The number of carbonyl (C=O) groups is 2. The maximum absolute atomic E-state index is 13.0. The van der Waals surface area contributed by atoms with Gasteiger partial charge in [-0.3, -0.25) is 14.5 Å². The highest BCUT2D eigenvalue weighted by molar-refractivity contribution is 6.31. The summed E-state index contributed by atoms with van der Waals surface area (Å²) in [5, 5.41) is 4.97. The first-order chi connectivity index (χ1) is 14.6. The van der Waals surface area contributed by atoms with Crippen molar-refractivity contribution in [2.24, 2.45) is 5.92 Å². The van der Waals surface area contributed by atoms with E-state index in [0.717, 1.165) is 18.6 Å². The number of carbonyl (C=O) groups excluding carboxylic acids is 2. The maximum Gasteiger partial charge on any atom is 0.417 e. The van der Waals surface area contributed by atoms with Gasteiger partial charge in [0.25, 0.3) is 0 Å². The van der Waals surface area contributed by atoms with Crippen LogP contribution in [0.15, 0.2) is 48.5 Å². The molecule has 0 saturated carbocycles. The zero-order chi connectivity index (χ0) is 22.6. The molecule has 0 bridgehead atoms. The molecule has 9 heteroatoms. The SMILES string of the molecule is CC(C(=O)Nc1ccc(Cl)c(C(F)(F)F)c1)N1CCCC(C(=O)Nc2ccccc2)C1. The average molecular weight is 454 g/mol. The fourth-order valence-electron chi connectivity index (χ4n) is 3.57. The van der Waals surface area contributed by atoms with Crippen LogP contribution in [0.25, 0.3) is 0 Å². The number of anilines is 2. The highest BCUT2D eigenvalue weighted by atomic mass is 35.5. The van der Waals surface area contributed by atoms with E-state index in [9.17, 15) is 22.8 Å². The topological polar surface area (TPSA) is 61.4 Å². The summed E-state index contributed by atoms with van der Waals surface area (Å²) in [4.78, 5) is 27.1. The molecule has 2 atom stereocenters. The van der Waals surface area contributed by atoms with Gasteiger partial charge in [0.05, 0.1) is 22.5 Å². The number of benzene rings is 2. The molecule has 0 aliphatic carbocycles. The molecule has 1 aliphatic rings. The standard InChI is InChI=1S/C22H23ClF3N3O2/c1-14(20(30)28-17-9-10-19(23)18(12-17)22(24,25)26)29-11-5-6-15(13-29)21(31)27-16-7-3-2-4-8-16/h2-4,7-10,12,14-15H,5-6,11,13H2,1H3,(H,27,31)(H,28,30). The summed E-state index contributed by atoms with van der Waals surface area (Å²) < 4.78 is 39.1. The van der Waals surface area contributed by atoms with Gasteiger partial charge in [-0.05, 0) is 56.6 Å². The molecule has 2 amide bonds. The van der Waals surface area contributed by atoms with Crippen LogP contribution in [0.3, 0.4) is 0 Å². The van der Waals surface area contributed by atoms with E-state index in [2.05, 4.69) is 10.6 Å². The molecule has 166 valence electrons. The van der Waals surface area contributed by atoms with Crippen LogP contribution >= 0.6 is 11.6 Å². The molecule has 2 aromatic rings. The third-order valence-electron chi connectivity index (χ3n) is 5.33. The first kappa shape index (κ1) is 23.1. The van der Waals surface area contributed by atoms with Crippen molar-refractivity contribution < 1.29 is 22.8 Å². The number of piperidine rings is 1. The summed E-state index contributed by atoms with van der Waals surface area (Å²) in [6, 6.07) is 11.8. The second-order valence-corrected chi connectivity index (χ2v) is 7.95. The minimum Gasteiger partial charge on any atom is -0.326 e. The minimum atomic E-state index is -4.62. The minimum absolute atomic E-state index is 0.0176. The fourth-order valence-corrected chi connectivity index (χ4v) is 3.80. The van der Waals surface area contributed by atoms with Gasteiger partial charge in [0.2, 0.25) is 11.8 Å². The number of nitrogens with one attached hydrogen (secondary N) is 2.